The molecule has 0 atom stereocenters. The highest BCUT2D eigenvalue weighted by molar-refractivity contribution is 7.92. The Morgan fingerprint density at radius 1 is 1.06 bits per heavy atom. The van der Waals surface area contributed by atoms with Gasteiger partial charge in [-0.25, -0.2) is 22.8 Å². The molecule has 0 unspecified atom stereocenters. The molecule has 7 nitrogen and oxygen atoms in total. The van der Waals surface area contributed by atoms with E-state index >= 15 is 4.39 Å². The Labute approximate surface area is 185 Å². The van der Waals surface area contributed by atoms with Gasteiger partial charge in [0.15, 0.2) is 5.82 Å². The number of benzene rings is 3. The van der Waals surface area contributed by atoms with Crippen LogP contribution in [0.3, 0.4) is 0 Å². The largest absolute Gasteiger partial charge is 0.496 e. The third-order valence-corrected chi connectivity index (χ3v) is 6.40. The first kappa shape index (κ1) is 21.5. The number of methoxy groups -OCH3 is 1. The van der Waals surface area contributed by atoms with Crippen molar-refractivity contribution >= 4 is 32.6 Å². The number of rotatable bonds is 6. The zero-order chi connectivity index (χ0) is 22.9. The minimum absolute atomic E-state index is 0.0174. The fourth-order valence-corrected chi connectivity index (χ4v) is 4.52. The number of ether oxygens (including phenoxy) is 1. The number of halogens is 1. The smallest absolute Gasteiger partial charge is 0.262 e. The van der Waals surface area contributed by atoms with Crippen molar-refractivity contribution in [3.05, 3.63) is 72.2 Å². The summed E-state index contributed by atoms with van der Waals surface area (Å²) in [4.78, 5) is 8.56. The second-order valence-electron chi connectivity index (χ2n) is 7.12. The summed E-state index contributed by atoms with van der Waals surface area (Å²) in [6, 6.07) is 14.3. The first-order chi connectivity index (χ1) is 15.3. The van der Waals surface area contributed by atoms with Crippen LogP contribution in [-0.4, -0.2) is 32.5 Å². The maximum Gasteiger partial charge on any atom is 0.262 e. The summed E-state index contributed by atoms with van der Waals surface area (Å²) < 4.78 is 48.6. The second kappa shape index (κ2) is 8.43. The Morgan fingerprint density at radius 2 is 1.88 bits per heavy atom. The lowest BCUT2D eigenvalue weighted by molar-refractivity contribution is 0.411. The Morgan fingerprint density at radius 3 is 2.59 bits per heavy atom. The minimum Gasteiger partial charge on any atom is -0.496 e. The number of hydrogen-bond acceptors (Lipinski definition) is 6. The third-order valence-electron chi connectivity index (χ3n) is 5.03. The molecular formula is C23H21FN4O3S. The first-order valence-corrected chi connectivity index (χ1v) is 11.2. The van der Waals surface area contributed by atoms with Crippen LogP contribution in [0.25, 0.3) is 22.0 Å². The van der Waals surface area contributed by atoms with Gasteiger partial charge in [-0.3, -0.25) is 4.72 Å². The topological polar surface area (TPSA) is 93.2 Å². The lowest BCUT2D eigenvalue weighted by atomic mass is 10.0. The molecule has 9 heteroatoms. The number of nitrogens with one attached hydrogen (secondary N) is 2. The van der Waals surface area contributed by atoms with E-state index < -0.39 is 15.8 Å². The zero-order valence-electron chi connectivity index (χ0n) is 17.7. The second-order valence-corrected chi connectivity index (χ2v) is 8.80. The van der Waals surface area contributed by atoms with E-state index in [0.29, 0.717) is 28.3 Å². The number of anilines is 2. The van der Waals surface area contributed by atoms with Crippen LogP contribution in [0, 0.1) is 12.7 Å². The van der Waals surface area contributed by atoms with Gasteiger partial charge >= 0.3 is 0 Å². The van der Waals surface area contributed by atoms with E-state index in [1.54, 1.807) is 56.6 Å². The van der Waals surface area contributed by atoms with E-state index in [-0.39, 0.29) is 16.1 Å². The van der Waals surface area contributed by atoms with Gasteiger partial charge in [0, 0.05) is 24.2 Å². The standard InChI is InChI=1S/C23H21FN4O3S/c1-14-11-17(8-10-21(14)31-3)32(29,30)28-20-6-4-5-18(22(20)24)15-7-9-19-16(12-15)13-26-23(25-2)27-19/h4-13,28H,1-3H3,(H,25,26,27). The van der Waals surface area contributed by atoms with Crippen molar-refractivity contribution in [2.24, 2.45) is 0 Å². The van der Waals surface area contributed by atoms with Crippen LogP contribution in [-0.2, 0) is 10.0 Å². The lowest BCUT2D eigenvalue weighted by Gasteiger charge is -2.13. The van der Waals surface area contributed by atoms with Gasteiger partial charge in [0.25, 0.3) is 10.0 Å². The normalized spacial score (nSPS) is 11.4. The van der Waals surface area contributed by atoms with Crippen LogP contribution < -0.4 is 14.8 Å². The molecule has 0 aliphatic rings. The summed E-state index contributed by atoms with van der Waals surface area (Å²) in [5.41, 5.74) is 2.07. The molecular weight excluding hydrogens is 431 g/mol. The SMILES string of the molecule is CNc1ncc2cc(-c3cccc(NS(=O)(=O)c4ccc(OC)c(C)c4)c3F)ccc2n1. The monoisotopic (exact) mass is 452 g/mol. The predicted octanol–water partition coefficient (Wildman–Crippen LogP) is 4.60. The molecule has 164 valence electrons. The van der Waals surface area contributed by atoms with Gasteiger partial charge in [-0.05, 0) is 54.4 Å². The summed E-state index contributed by atoms with van der Waals surface area (Å²) in [5, 5.41) is 3.61. The average molecular weight is 453 g/mol. The number of fused-ring (bicyclic) bond motifs is 1. The summed E-state index contributed by atoms with van der Waals surface area (Å²) >= 11 is 0. The lowest BCUT2D eigenvalue weighted by Crippen LogP contribution is -2.14. The van der Waals surface area contributed by atoms with Gasteiger partial charge in [0.2, 0.25) is 5.95 Å². The number of nitrogens with zero attached hydrogens (tertiary/aromatic N) is 2. The molecule has 0 amide bonds. The van der Waals surface area contributed by atoms with Crippen LogP contribution >= 0.6 is 0 Å². The van der Waals surface area contributed by atoms with Crippen molar-refractivity contribution in [1.29, 1.82) is 0 Å². The molecule has 0 radical (unpaired) electrons. The van der Waals surface area contributed by atoms with Gasteiger partial charge < -0.3 is 10.1 Å². The van der Waals surface area contributed by atoms with Gasteiger partial charge in [-0.2, -0.15) is 0 Å². The van der Waals surface area contributed by atoms with Gasteiger partial charge in [0.05, 0.1) is 23.2 Å². The Bertz CT molecular complexity index is 1420. The molecule has 4 aromatic rings. The summed E-state index contributed by atoms with van der Waals surface area (Å²) in [6.45, 7) is 1.74. The number of aryl methyl sites for hydroxylation is 1. The van der Waals surface area contributed by atoms with Crippen LogP contribution in [0.15, 0.2) is 65.7 Å². The molecule has 4 rings (SSSR count). The highest BCUT2D eigenvalue weighted by atomic mass is 32.2. The average Bonchev–Trinajstić information content (AvgIpc) is 2.79. The van der Waals surface area contributed by atoms with Crippen LogP contribution in [0.2, 0.25) is 0 Å². The third kappa shape index (κ3) is 4.06. The number of aromatic nitrogens is 2. The van der Waals surface area contributed by atoms with Crippen molar-refractivity contribution in [1.82, 2.24) is 9.97 Å². The highest BCUT2D eigenvalue weighted by Crippen LogP contribution is 2.31. The molecule has 0 saturated carbocycles. The van der Waals surface area contributed by atoms with E-state index in [1.165, 1.54) is 25.3 Å². The maximum atomic E-state index is 15.3. The molecule has 1 heterocycles. The van der Waals surface area contributed by atoms with Crippen molar-refractivity contribution in [3.63, 3.8) is 0 Å². The molecule has 0 spiro atoms. The molecule has 0 aliphatic carbocycles. The fourth-order valence-electron chi connectivity index (χ4n) is 3.38. The molecule has 0 bridgehead atoms. The molecule has 0 saturated heterocycles. The van der Waals surface area contributed by atoms with Crippen LogP contribution in [0.5, 0.6) is 5.75 Å². The molecule has 32 heavy (non-hydrogen) atoms. The molecule has 1 aromatic heterocycles. The van der Waals surface area contributed by atoms with Crippen molar-refractivity contribution in [3.8, 4) is 16.9 Å². The van der Waals surface area contributed by atoms with E-state index in [9.17, 15) is 8.42 Å². The van der Waals surface area contributed by atoms with Gasteiger partial charge in [-0.1, -0.05) is 18.2 Å². The predicted molar refractivity (Wildman–Crippen MR) is 123 cm³/mol. The van der Waals surface area contributed by atoms with Crippen molar-refractivity contribution in [2.75, 3.05) is 24.2 Å². The summed E-state index contributed by atoms with van der Waals surface area (Å²) in [7, 11) is -0.762. The highest BCUT2D eigenvalue weighted by Gasteiger charge is 2.19. The van der Waals surface area contributed by atoms with Gasteiger partial charge in [-0.15, -0.1) is 0 Å². The quantitative estimate of drug-likeness (QED) is 0.444. The Hall–Kier alpha value is -3.72. The fraction of sp³-hybridized carbons (Fsp3) is 0.130. The van der Waals surface area contributed by atoms with Crippen LogP contribution in [0.1, 0.15) is 5.56 Å². The minimum atomic E-state index is -4.00. The Kier molecular flexibility index (Phi) is 5.67. The Balaban J connectivity index is 1.69. The number of sulfonamides is 1. The number of hydrogen-bond donors (Lipinski definition) is 2. The molecule has 3 aromatic carbocycles. The van der Waals surface area contributed by atoms with Crippen molar-refractivity contribution in [2.45, 2.75) is 11.8 Å². The molecule has 0 fully saturated rings. The van der Waals surface area contributed by atoms with Crippen LogP contribution in [0.4, 0.5) is 16.0 Å². The first-order valence-electron chi connectivity index (χ1n) is 9.73. The van der Waals surface area contributed by atoms with Crippen molar-refractivity contribution < 1.29 is 17.5 Å². The molecule has 0 aliphatic heterocycles. The van der Waals surface area contributed by atoms with Gasteiger partial charge in [0.1, 0.15) is 5.75 Å². The maximum absolute atomic E-state index is 15.3. The van der Waals surface area contributed by atoms with E-state index in [4.69, 9.17) is 4.74 Å². The van der Waals surface area contributed by atoms with E-state index in [0.717, 1.165) is 5.39 Å². The molecule has 2 N–H and O–H groups in total. The summed E-state index contributed by atoms with van der Waals surface area (Å²) in [5.74, 6) is 0.384. The zero-order valence-corrected chi connectivity index (χ0v) is 18.5. The summed E-state index contributed by atoms with van der Waals surface area (Å²) in [6.07, 6.45) is 1.65. The van der Waals surface area contributed by atoms with E-state index in [1.807, 2.05) is 0 Å². The van der Waals surface area contributed by atoms with E-state index in [2.05, 4.69) is 20.0 Å².